The van der Waals surface area contributed by atoms with E-state index >= 15 is 0 Å². The molecule has 0 bridgehead atoms. The van der Waals surface area contributed by atoms with Gasteiger partial charge in [0.2, 0.25) is 0 Å². The molecular formula is C14H21NOS. The maximum Gasteiger partial charge on any atom is 0.0945 e. The van der Waals surface area contributed by atoms with Crippen molar-refractivity contribution in [3.63, 3.8) is 0 Å². The van der Waals surface area contributed by atoms with Crippen LogP contribution in [0.1, 0.15) is 44.6 Å². The van der Waals surface area contributed by atoms with Crippen LogP contribution in [0, 0.1) is 5.92 Å². The van der Waals surface area contributed by atoms with Gasteiger partial charge in [-0.1, -0.05) is 30.3 Å². The highest BCUT2D eigenvalue weighted by Gasteiger charge is 2.37. The van der Waals surface area contributed by atoms with Crippen molar-refractivity contribution in [3.05, 3.63) is 35.9 Å². The molecule has 1 fully saturated rings. The van der Waals surface area contributed by atoms with Crippen molar-refractivity contribution in [2.24, 2.45) is 11.1 Å². The van der Waals surface area contributed by atoms with Gasteiger partial charge in [-0.3, -0.25) is 5.14 Å². The second-order valence-electron chi connectivity index (χ2n) is 5.62. The molecule has 2 atom stereocenters. The molecule has 0 radical (unpaired) electrons. The Morgan fingerprint density at radius 3 is 2.41 bits per heavy atom. The first-order valence-electron chi connectivity index (χ1n) is 6.22. The zero-order valence-electron chi connectivity index (χ0n) is 10.6. The zero-order valence-corrected chi connectivity index (χ0v) is 11.4. The molecule has 1 aromatic carbocycles. The predicted octanol–water partition coefficient (Wildman–Crippen LogP) is 2.97. The Hall–Kier alpha value is -0.670. The van der Waals surface area contributed by atoms with Crippen molar-refractivity contribution in [1.82, 2.24) is 0 Å². The van der Waals surface area contributed by atoms with Crippen molar-refractivity contribution in [2.75, 3.05) is 0 Å². The number of hydrogen-bond donors (Lipinski definition) is 1. The molecule has 0 aliphatic heterocycles. The predicted molar refractivity (Wildman–Crippen MR) is 72.9 cm³/mol. The Morgan fingerprint density at radius 1 is 1.35 bits per heavy atom. The average Bonchev–Trinajstić information content (AvgIpc) is 3.11. The fraction of sp³-hybridized carbons (Fsp3) is 0.571. The van der Waals surface area contributed by atoms with E-state index in [1.54, 1.807) is 0 Å². The van der Waals surface area contributed by atoms with E-state index < -0.39 is 11.0 Å². The van der Waals surface area contributed by atoms with E-state index in [-0.39, 0.29) is 4.75 Å². The van der Waals surface area contributed by atoms with Crippen LogP contribution in [-0.4, -0.2) is 8.96 Å². The van der Waals surface area contributed by atoms with Crippen LogP contribution in [0.5, 0.6) is 0 Å². The van der Waals surface area contributed by atoms with Gasteiger partial charge in [0, 0.05) is 0 Å². The van der Waals surface area contributed by atoms with Gasteiger partial charge < -0.3 is 0 Å². The Bertz CT molecular complexity index is 398. The molecule has 3 heteroatoms. The SMILES string of the molecule is CC(C)(C[C@H](c1ccccc1)C1CC1)S(N)=O. The van der Waals surface area contributed by atoms with Crippen molar-refractivity contribution in [2.45, 2.75) is 43.8 Å². The topological polar surface area (TPSA) is 43.1 Å². The third-order valence-electron chi connectivity index (χ3n) is 3.67. The van der Waals surface area contributed by atoms with Crippen LogP contribution in [0.25, 0.3) is 0 Å². The highest BCUT2D eigenvalue weighted by atomic mass is 32.2. The molecule has 0 amide bonds. The lowest BCUT2D eigenvalue weighted by molar-refractivity contribution is 0.480. The van der Waals surface area contributed by atoms with E-state index in [2.05, 4.69) is 24.3 Å². The Morgan fingerprint density at radius 2 is 1.94 bits per heavy atom. The molecule has 2 nitrogen and oxygen atoms in total. The molecule has 1 unspecified atom stereocenters. The highest BCUT2D eigenvalue weighted by molar-refractivity contribution is 7.84. The molecule has 1 aliphatic carbocycles. The molecule has 0 saturated heterocycles. The van der Waals surface area contributed by atoms with Crippen LogP contribution in [0.15, 0.2) is 30.3 Å². The van der Waals surface area contributed by atoms with E-state index in [0.29, 0.717) is 5.92 Å². The molecule has 0 spiro atoms. The van der Waals surface area contributed by atoms with Gasteiger partial charge in [0.15, 0.2) is 0 Å². The van der Waals surface area contributed by atoms with Crippen LogP contribution in [-0.2, 0) is 11.0 Å². The summed E-state index contributed by atoms with van der Waals surface area (Å²) in [6.45, 7) is 4.00. The van der Waals surface area contributed by atoms with Gasteiger partial charge in [-0.05, 0) is 50.5 Å². The Kier molecular flexibility index (Phi) is 3.69. The summed E-state index contributed by atoms with van der Waals surface area (Å²) in [4.78, 5) is 0. The van der Waals surface area contributed by atoms with Gasteiger partial charge in [0.05, 0.1) is 15.7 Å². The van der Waals surface area contributed by atoms with E-state index in [1.165, 1.54) is 18.4 Å². The molecule has 1 aliphatic rings. The first kappa shape index (κ1) is 12.8. The van der Waals surface area contributed by atoms with Gasteiger partial charge >= 0.3 is 0 Å². The molecule has 0 heterocycles. The van der Waals surface area contributed by atoms with Crippen molar-refractivity contribution in [3.8, 4) is 0 Å². The van der Waals surface area contributed by atoms with Crippen molar-refractivity contribution in [1.29, 1.82) is 0 Å². The summed E-state index contributed by atoms with van der Waals surface area (Å²) in [5, 5.41) is 5.59. The lowest BCUT2D eigenvalue weighted by Gasteiger charge is -2.27. The molecular weight excluding hydrogens is 230 g/mol. The van der Waals surface area contributed by atoms with Gasteiger partial charge in [-0.25, -0.2) is 4.21 Å². The highest BCUT2D eigenvalue weighted by Crippen LogP contribution is 2.46. The lowest BCUT2D eigenvalue weighted by atomic mass is 9.86. The van der Waals surface area contributed by atoms with Crippen molar-refractivity contribution >= 4 is 11.0 Å². The van der Waals surface area contributed by atoms with Crippen LogP contribution < -0.4 is 5.14 Å². The maximum atomic E-state index is 11.6. The molecule has 94 valence electrons. The average molecular weight is 251 g/mol. The second-order valence-corrected chi connectivity index (χ2v) is 7.32. The van der Waals surface area contributed by atoms with Gasteiger partial charge in [0.1, 0.15) is 0 Å². The number of nitrogens with two attached hydrogens (primary N) is 1. The summed E-state index contributed by atoms with van der Waals surface area (Å²) in [5.74, 6) is 1.28. The minimum Gasteiger partial charge on any atom is -0.251 e. The Labute approximate surface area is 106 Å². The largest absolute Gasteiger partial charge is 0.251 e. The molecule has 1 aromatic rings. The second kappa shape index (κ2) is 4.91. The summed E-state index contributed by atoms with van der Waals surface area (Å²) in [5.41, 5.74) is 1.37. The third kappa shape index (κ3) is 3.17. The van der Waals surface area contributed by atoms with Crippen molar-refractivity contribution < 1.29 is 4.21 Å². The third-order valence-corrected chi connectivity index (χ3v) is 4.93. The first-order chi connectivity index (χ1) is 8.00. The number of rotatable bonds is 5. The molecule has 0 aromatic heterocycles. The van der Waals surface area contributed by atoms with E-state index in [4.69, 9.17) is 5.14 Å². The zero-order chi connectivity index (χ0) is 12.5. The quantitative estimate of drug-likeness (QED) is 0.859. The van der Waals surface area contributed by atoms with E-state index in [9.17, 15) is 4.21 Å². The summed E-state index contributed by atoms with van der Waals surface area (Å²) in [7, 11) is -1.26. The van der Waals surface area contributed by atoms with Gasteiger partial charge in [-0.2, -0.15) is 0 Å². The van der Waals surface area contributed by atoms with Crippen LogP contribution in [0.4, 0.5) is 0 Å². The molecule has 2 rings (SSSR count). The minimum atomic E-state index is -1.26. The lowest BCUT2D eigenvalue weighted by Crippen LogP contribution is -2.34. The van der Waals surface area contributed by atoms with Gasteiger partial charge in [-0.15, -0.1) is 0 Å². The monoisotopic (exact) mass is 251 g/mol. The smallest absolute Gasteiger partial charge is 0.0945 e. The fourth-order valence-electron chi connectivity index (χ4n) is 2.37. The normalized spacial score (nSPS) is 19.9. The summed E-state index contributed by atoms with van der Waals surface area (Å²) in [6, 6.07) is 10.6. The molecule has 17 heavy (non-hydrogen) atoms. The Balaban J connectivity index is 2.17. The van der Waals surface area contributed by atoms with E-state index in [0.717, 1.165) is 12.3 Å². The molecule has 2 N–H and O–H groups in total. The number of hydrogen-bond acceptors (Lipinski definition) is 1. The first-order valence-corrected chi connectivity index (χ1v) is 7.43. The van der Waals surface area contributed by atoms with Crippen LogP contribution in [0.2, 0.25) is 0 Å². The number of benzene rings is 1. The molecule has 1 saturated carbocycles. The summed E-state index contributed by atoms with van der Waals surface area (Å²) in [6.07, 6.45) is 3.50. The standard InChI is InChI=1S/C14H21NOS/c1-14(2,17(15)16)10-13(12-8-9-12)11-6-4-3-5-7-11/h3-7,12-13H,8-10,15H2,1-2H3/t13-,17?/m1/s1. The maximum absolute atomic E-state index is 11.6. The van der Waals surface area contributed by atoms with E-state index in [1.807, 2.05) is 19.9 Å². The summed E-state index contributed by atoms with van der Waals surface area (Å²) < 4.78 is 11.3. The van der Waals surface area contributed by atoms with Crippen LogP contribution >= 0.6 is 0 Å². The fourth-order valence-corrected chi connectivity index (χ4v) is 2.71. The summed E-state index contributed by atoms with van der Waals surface area (Å²) >= 11 is 0. The van der Waals surface area contributed by atoms with Gasteiger partial charge in [0.25, 0.3) is 0 Å². The minimum absolute atomic E-state index is 0.302. The van der Waals surface area contributed by atoms with Crippen LogP contribution in [0.3, 0.4) is 0 Å².